The predicted octanol–water partition coefficient (Wildman–Crippen LogP) is 4.70. The second-order valence-corrected chi connectivity index (χ2v) is 9.99. The van der Waals surface area contributed by atoms with Crippen LogP contribution < -0.4 is 0 Å². The molecule has 0 spiro atoms. The Morgan fingerprint density at radius 2 is 1.74 bits per heavy atom. The maximum Gasteiger partial charge on any atom is 0.411 e. The zero-order valence-corrected chi connectivity index (χ0v) is 19.3. The Labute approximate surface area is 184 Å². The maximum absolute atomic E-state index is 13.0. The molecule has 2 aromatic rings. The number of nitrogens with zero attached hydrogens (tertiary/aromatic N) is 3. The molecule has 1 aliphatic rings. The normalized spacial score (nSPS) is 19.7. The van der Waals surface area contributed by atoms with Gasteiger partial charge in [0.15, 0.2) is 0 Å². The Balaban J connectivity index is 1.84. The van der Waals surface area contributed by atoms with Crippen LogP contribution in [0.3, 0.4) is 0 Å². The largest absolute Gasteiger partial charge is 0.458 e. The summed E-state index contributed by atoms with van der Waals surface area (Å²) in [5.74, 6) is -0.280. The molecule has 1 aromatic carbocycles. The highest BCUT2D eigenvalue weighted by atomic mass is 16.6. The number of benzene rings is 1. The second-order valence-electron chi connectivity index (χ2n) is 9.99. The summed E-state index contributed by atoms with van der Waals surface area (Å²) in [7, 11) is 0. The zero-order chi connectivity index (χ0) is 22.8. The lowest BCUT2D eigenvalue weighted by Crippen LogP contribution is -2.52. The molecule has 1 fully saturated rings. The highest BCUT2D eigenvalue weighted by Gasteiger charge is 2.40. The van der Waals surface area contributed by atoms with Crippen LogP contribution >= 0.6 is 0 Å². The van der Waals surface area contributed by atoms with Gasteiger partial charge in [-0.1, -0.05) is 12.1 Å². The van der Waals surface area contributed by atoms with E-state index in [2.05, 4.69) is 17.2 Å². The smallest absolute Gasteiger partial charge is 0.411 e. The molecule has 1 saturated heterocycles. The number of rotatable bonds is 3. The van der Waals surface area contributed by atoms with Crippen LogP contribution in [0.2, 0.25) is 0 Å². The number of aromatic nitrogens is 2. The third-order valence-electron chi connectivity index (χ3n) is 5.02. The minimum Gasteiger partial charge on any atom is -0.458 e. The Hall–Kier alpha value is -2.83. The van der Waals surface area contributed by atoms with Gasteiger partial charge >= 0.3 is 12.1 Å². The van der Waals surface area contributed by atoms with E-state index in [0.717, 1.165) is 17.7 Å². The molecule has 0 aliphatic carbocycles. The lowest BCUT2D eigenvalue weighted by atomic mass is 9.85. The Morgan fingerprint density at radius 1 is 1.03 bits per heavy atom. The third-order valence-corrected chi connectivity index (χ3v) is 5.02. The molecule has 31 heavy (non-hydrogen) atoms. The van der Waals surface area contributed by atoms with Crippen molar-refractivity contribution in [2.75, 3.05) is 6.54 Å². The monoisotopic (exact) mass is 427 g/mol. The highest BCUT2D eigenvalue weighted by molar-refractivity contribution is 5.82. The van der Waals surface area contributed by atoms with Gasteiger partial charge in [0.05, 0.1) is 5.69 Å². The van der Waals surface area contributed by atoms with Crippen molar-refractivity contribution in [1.82, 2.24) is 14.7 Å². The molecule has 3 rings (SSSR count). The Bertz CT molecular complexity index is 910. The molecule has 0 bridgehead atoms. The minimum absolute atomic E-state index is 0.117. The molecule has 0 saturated carbocycles. The number of carbonyl (C=O) groups excluding carboxylic acids is 2. The van der Waals surface area contributed by atoms with Crippen LogP contribution in [0.25, 0.3) is 5.69 Å². The van der Waals surface area contributed by atoms with Gasteiger partial charge in [-0.05, 0) is 84.1 Å². The molecule has 0 unspecified atom stereocenters. The van der Waals surface area contributed by atoms with Gasteiger partial charge in [-0.3, -0.25) is 4.90 Å². The van der Waals surface area contributed by atoms with Crippen LogP contribution in [0.1, 0.15) is 65.9 Å². The van der Waals surface area contributed by atoms with Crippen LogP contribution in [-0.4, -0.2) is 50.5 Å². The maximum atomic E-state index is 13.0. The van der Waals surface area contributed by atoms with Gasteiger partial charge in [-0.15, -0.1) is 0 Å². The second kappa shape index (κ2) is 8.73. The van der Waals surface area contributed by atoms with E-state index in [-0.39, 0.29) is 5.92 Å². The minimum atomic E-state index is -0.693. The first-order chi connectivity index (χ1) is 14.4. The van der Waals surface area contributed by atoms with E-state index in [9.17, 15) is 9.59 Å². The summed E-state index contributed by atoms with van der Waals surface area (Å²) in [5, 5.41) is 4.30. The topological polar surface area (TPSA) is 73.7 Å². The van der Waals surface area contributed by atoms with Crippen molar-refractivity contribution in [3.05, 3.63) is 48.3 Å². The SMILES string of the molecule is CC(C)(C)OC(=O)[C@H]1C[C@@H](c2cccc(-n3cccn3)c2)CCN1C(=O)OC(C)(C)C. The molecule has 1 aliphatic heterocycles. The van der Waals surface area contributed by atoms with E-state index in [1.807, 2.05) is 70.6 Å². The summed E-state index contributed by atoms with van der Waals surface area (Å²) in [6.45, 7) is 11.4. The summed E-state index contributed by atoms with van der Waals surface area (Å²) in [4.78, 5) is 27.4. The first-order valence-electron chi connectivity index (χ1n) is 10.8. The standard InChI is InChI=1S/C24H33N3O4/c1-23(2,3)30-21(28)20-16-18(11-14-26(20)22(29)31-24(4,5)6)17-9-7-10-19(15-17)27-13-8-12-25-27/h7-10,12-13,15,18,20H,11,14,16H2,1-6H3/t18-,20+/m0/s1. The number of esters is 1. The summed E-state index contributed by atoms with van der Waals surface area (Å²) in [5.41, 5.74) is 0.810. The van der Waals surface area contributed by atoms with Crippen molar-refractivity contribution in [3.63, 3.8) is 0 Å². The van der Waals surface area contributed by atoms with Crippen molar-refractivity contribution < 1.29 is 19.1 Å². The van der Waals surface area contributed by atoms with E-state index in [1.165, 1.54) is 4.90 Å². The van der Waals surface area contributed by atoms with Crippen molar-refractivity contribution in [2.24, 2.45) is 0 Å². The first kappa shape index (κ1) is 22.8. The van der Waals surface area contributed by atoms with Gasteiger partial charge in [-0.25, -0.2) is 14.3 Å². The predicted molar refractivity (Wildman–Crippen MR) is 118 cm³/mol. The van der Waals surface area contributed by atoms with Gasteiger partial charge in [0.1, 0.15) is 17.2 Å². The Kier molecular flexibility index (Phi) is 6.43. The van der Waals surface area contributed by atoms with E-state index in [0.29, 0.717) is 13.0 Å². The fourth-order valence-corrected chi connectivity index (χ4v) is 3.74. The van der Waals surface area contributed by atoms with Crippen molar-refractivity contribution in [1.29, 1.82) is 0 Å². The van der Waals surface area contributed by atoms with Gasteiger partial charge in [0.25, 0.3) is 0 Å². The molecule has 2 heterocycles. The number of piperidine rings is 1. The molecule has 168 valence electrons. The van der Waals surface area contributed by atoms with Gasteiger partial charge < -0.3 is 9.47 Å². The van der Waals surface area contributed by atoms with Crippen LogP contribution in [0.15, 0.2) is 42.7 Å². The molecule has 7 heteroatoms. The summed E-state index contributed by atoms with van der Waals surface area (Å²) in [6.07, 6.45) is 4.38. The molecule has 0 radical (unpaired) electrons. The first-order valence-corrected chi connectivity index (χ1v) is 10.8. The van der Waals surface area contributed by atoms with Gasteiger partial charge in [0, 0.05) is 18.9 Å². The van der Waals surface area contributed by atoms with Crippen molar-refractivity contribution >= 4 is 12.1 Å². The molecule has 1 aromatic heterocycles. The number of likely N-dealkylation sites (tertiary alicyclic amines) is 1. The fraction of sp³-hybridized carbons (Fsp3) is 0.542. The number of amides is 1. The Morgan fingerprint density at radius 3 is 2.35 bits per heavy atom. The number of hydrogen-bond acceptors (Lipinski definition) is 5. The average molecular weight is 428 g/mol. The summed E-state index contributed by atoms with van der Waals surface area (Å²) in [6, 6.07) is 9.33. The quantitative estimate of drug-likeness (QED) is 0.664. The van der Waals surface area contributed by atoms with Crippen molar-refractivity contribution in [3.8, 4) is 5.69 Å². The molecule has 1 amide bonds. The molecule has 7 nitrogen and oxygen atoms in total. The van der Waals surface area contributed by atoms with Gasteiger partial charge in [-0.2, -0.15) is 5.10 Å². The van der Waals surface area contributed by atoms with Crippen LogP contribution in [0.5, 0.6) is 0 Å². The average Bonchev–Trinajstić information content (AvgIpc) is 3.20. The lowest BCUT2D eigenvalue weighted by Gasteiger charge is -2.39. The van der Waals surface area contributed by atoms with Crippen LogP contribution in [0, 0.1) is 0 Å². The third kappa shape index (κ3) is 6.09. The highest BCUT2D eigenvalue weighted by Crippen LogP contribution is 2.34. The molecular formula is C24H33N3O4. The zero-order valence-electron chi connectivity index (χ0n) is 19.3. The number of carbonyl (C=O) groups is 2. The van der Waals surface area contributed by atoms with E-state index >= 15 is 0 Å². The fourth-order valence-electron chi connectivity index (χ4n) is 3.74. The van der Waals surface area contributed by atoms with E-state index in [4.69, 9.17) is 9.47 Å². The molecule has 2 atom stereocenters. The molecular weight excluding hydrogens is 394 g/mol. The van der Waals surface area contributed by atoms with E-state index in [1.54, 1.807) is 6.20 Å². The van der Waals surface area contributed by atoms with Crippen LogP contribution in [-0.2, 0) is 14.3 Å². The summed E-state index contributed by atoms with van der Waals surface area (Å²) >= 11 is 0. The van der Waals surface area contributed by atoms with E-state index < -0.39 is 29.3 Å². The lowest BCUT2D eigenvalue weighted by molar-refractivity contribution is -0.162. The number of hydrogen-bond donors (Lipinski definition) is 0. The number of ether oxygens (including phenoxy) is 2. The summed E-state index contributed by atoms with van der Waals surface area (Å²) < 4.78 is 13.0. The van der Waals surface area contributed by atoms with Crippen LogP contribution in [0.4, 0.5) is 4.79 Å². The van der Waals surface area contributed by atoms with Crippen molar-refractivity contribution in [2.45, 2.75) is 77.5 Å². The van der Waals surface area contributed by atoms with Gasteiger partial charge in [0.2, 0.25) is 0 Å². The molecule has 0 N–H and O–H groups in total.